The summed E-state index contributed by atoms with van der Waals surface area (Å²) in [5, 5.41) is 49.1. The molecule has 130 valence electrons. The van der Waals surface area contributed by atoms with Crippen LogP contribution in [0.3, 0.4) is 0 Å². The van der Waals surface area contributed by atoms with E-state index >= 15 is 0 Å². The minimum Gasteiger partial charge on any atom is -0.394 e. The first-order chi connectivity index (χ1) is 10.4. The Morgan fingerprint density at radius 2 is 1.64 bits per heavy atom. The molecule has 4 unspecified atom stereocenters. The second kappa shape index (κ2) is 7.47. The maximum atomic E-state index is 10.0. The highest BCUT2D eigenvalue weighted by atomic mass is 16.7. The summed E-state index contributed by atoms with van der Waals surface area (Å²) in [5.74, 6) is -0.476. The van der Waals surface area contributed by atoms with Crippen molar-refractivity contribution in [2.45, 2.75) is 56.1 Å². The number of hydrogen-bond acceptors (Lipinski definition) is 9. The lowest BCUT2D eigenvalue weighted by atomic mass is 9.91. The maximum absolute atomic E-state index is 10.0. The summed E-state index contributed by atoms with van der Waals surface area (Å²) in [6, 6.07) is 0. The summed E-state index contributed by atoms with van der Waals surface area (Å²) in [7, 11) is 1.33. The van der Waals surface area contributed by atoms with E-state index in [9.17, 15) is 25.5 Å². The average Bonchev–Trinajstić information content (AvgIpc) is 2.52. The van der Waals surface area contributed by atoms with Crippen LogP contribution in [0.1, 0.15) is 6.92 Å². The van der Waals surface area contributed by atoms with E-state index in [1.54, 1.807) is 6.92 Å². The lowest BCUT2D eigenvalue weighted by Gasteiger charge is -2.44. The SMILES string of the molecule is CO[C@@H]1OC[C@@H](O[C@@H]2OC(CO)[C@@H](C)[C@H](O)C2O)C(O)C1O. The molecule has 22 heavy (non-hydrogen) atoms. The molecule has 0 spiro atoms. The van der Waals surface area contributed by atoms with Gasteiger partial charge in [0.2, 0.25) is 0 Å². The molecule has 0 aliphatic carbocycles. The molecule has 9 heteroatoms. The third-order valence-corrected chi connectivity index (χ3v) is 4.22. The van der Waals surface area contributed by atoms with Crippen molar-refractivity contribution in [3.8, 4) is 0 Å². The van der Waals surface area contributed by atoms with Gasteiger partial charge < -0.3 is 44.5 Å². The molecule has 2 fully saturated rings. The largest absolute Gasteiger partial charge is 0.394 e. The molecule has 0 amide bonds. The quantitative estimate of drug-likeness (QED) is 0.370. The zero-order chi connectivity index (χ0) is 16.4. The molecule has 2 aliphatic heterocycles. The second-order valence-electron chi connectivity index (χ2n) is 5.66. The van der Waals surface area contributed by atoms with Crippen molar-refractivity contribution in [1.82, 2.24) is 0 Å². The molecule has 0 bridgehead atoms. The van der Waals surface area contributed by atoms with Gasteiger partial charge in [-0.1, -0.05) is 6.92 Å². The Balaban J connectivity index is 2.00. The Labute approximate surface area is 128 Å². The molecule has 0 radical (unpaired) electrons. The van der Waals surface area contributed by atoms with E-state index in [1.165, 1.54) is 7.11 Å². The Kier molecular flexibility index (Phi) is 6.11. The lowest BCUT2D eigenvalue weighted by Crippen LogP contribution is -2.60. The number of ether oxygens (including phenoxy) is 4. The van der Waals surface area contributed by atoms with Gasteiger partial charge in [-0.2, -0.15) is 0 Å². The third-order valence-electron chi connectivity index (χ3n) is 4.22. The standard InChI is InChI=1S/C13H24O9/c1-5-6(3-14)21-13(10(17)8(5)15)22-7-4-20-12(19-2)11(18)9(7)16/h5-18H,3-4H2,1-2H3/t5-,6?,7-,8+,9?,10?,11?,12-,13+/m1/s1. The summed E-state index contributed by atoms with van der Waals surface area (Å²) >= 11 is 0. The Bertz CT molecular complexity index is 352. The van der Waals surface area contributed by atoms with Crippen LogP contribution in [0.2, 0.25) is 0 Å². The highest BCUT2D eigenvalue weighted by molar-refractivity contribution is 4.89. The first kappa shape index (κ1) is 18.0. The fourth-order valence-corrected chi connectivity index (χ4v) is 2.66. The molecule has 9 nitrogen and oxygen atoms in total. The highest BCUT2D eigenvalue weighted by Crippen LogP contribution is 2.29. The molecule has 2 aliphatic rings. The Morgan fingerprint density at radius 3 is 2.23 bits per heavy atom. The fraction of sp³-hybridized carbons (Fsp3) is 1.00. The van der Waals surface area contributed by atoms with Crippen molar-refractivity contribution in [3.63, 3.8) is 0 Å². The summed E-state index contributed by atoms with van der Waals surface area (Å²) in [6.07, 6.45) is -9.01. The first-order valence-corrected chi connectivity index (χ1v) is 7.19. The van der Waals surface area contributed by atoms with Crippen LogP contribution in [0.15, 0.2) is 0 Å². The number of rotatable bonds is 4. The van der Waals surface area contributed by atoms with E-state index in [1.807, 2.05) is 0 Å². The van der Waals surface area contributed by atoms with E-state index in [0.29, 0.717) is 0 Å². The summed E-state index contributed by atoms with van der Waals surface area (Å²) in [6.45, 7) is 1.21. The summed E-state index contributed by atoms with van der Waals surface area (Å²) < 4.78 is 20.9. The summed E-state index contributed by atoms with van der Waals surface area (Å²) in [5.41, 5.74) is 0. The van der Waals surface area contributed by atoms with Gasteiger partial charge in [-0.3, -0.25) is 0 Å². The van der Waals surface area contributed by atoms with Gasteiger partial charge in [0.15, 0.2) is 12.6 Å². The third kappa shape index (κ3) is 3.42. The highest BCUT2D eigenvalue weighted by Gasteiger charge is 2.46. The predicted molar refractivity (Wildman–Crippen MR) is 70.6 cm³/mol. The van der Waals surface area contributed by atoms with Crippen LogP contribution in [0.4, 0.5) is 0 Å². The van der Waals surface area contributed by atoms with Crippen LogP contribution < -0.4 is 0 Å². The number of aliphatic hydroxyl groups is 5. The van der Waals surface area contributed by atoms with Crippen molar-refractivity contribution in [1.29, 1.82) is 0 Å². The number of hydrogen-bond donors (Lipinski definition) is 5. The van der Waals surface area contributed by atoms with Crippen LogP contribution in [-0.2, 0) is 18.9 Å². The molecule has 9 atom stereocenters. The summed E-state index contributed by atoms with van der Waals surface area (Å²) in [4.78, 5) is 0. The zero-order valence-corrected chi connectivity index (χ0v) is 12.5. The van der Waals surface area contributed by atoms with E-state index in [-0.39, 0.29) is 13.2 Å². The minimum atomic E-state index is -1.35. The van der Waals surface area contributed by atoms with Crippen LogP contribution >= 0.6 is 0 Å². The Hall–Kier alpha value is -0.360. The molecular weight excluding hydrogens is 300 g/mol. The molecule has 0 aromatic heterocycles. The van der Waals surface area contributed by atoms with Gasteiger partial charge in [0.25, 0.3) is 0 Å². The van der Waals surface area contributed by atoms with Gasteiger partial charge in [0.05, 0.1) is 25.4 Å². The van der Waals surface area contributed by atoms with Crippen LogP contribution in [0, 0.1) is 5.92 Å². The monoisotopic (exact) mass is 324 g/mol. The van der Waals surface area contributed by atoms with Gasteiger partial charge in [0.1, 0.15) is 24.4 Å². The average molecular weight is 324 g/mol. The zero-order valence-electron chi connectivity index (χ0n) is 12.5. The molecule has 0 saturated carbocycles. The van der Waals surface area contributed by atoms with Gasteiger partial charge in [-0.05, 0) is 0 Å². The van der Waals surface area contributed by atoms with Crippen LogP contribution in [-0.4, -0.2) is 95.1 Å². The molecule has 0 aromatic carbocycles. The molecule has 5 N–H and O–H groups in total. The fourth-order valence-electron chi connectivity index (χ4n) is 2.66. The van der Waals surface area contributed by atoms with Gasteiger partial charge >= 0.3 is 0 Å². The van der Waals surface area contributed by atoms with Crippen LogP contribution in [0.5, 0.6) is 0 Å². The number of methoxy groups -OCH3 is 1. The molecule has 2 saturated heterocycles. The van der Waals surface area contributed by atoms with Crippen molar-refractivity contribution in [2.24, 2.45) is 5.92 Å². The Morgan fingerprint density at radius 1 is 1.00 bits per heavy atom. The molecule has 2 heterocycles. The molecule has 0 aromatic rings. The van der Waals surface area contributed by atoms with Gasteiger partial charge in [-0.15, -0.1) is 0 Å². The second-order valence-corrected chi connectivity index (χ2v) is 5.66. The predicted octanol–water partition coefficient (Wildman–Crippen LogP) is -2.83. The molecule has 2 rings (SSSR count). The molecular formula is C13H24O9. The van der Waals surface area contributed by atoms with Crippen molar-refractivity contribution in [2.75, 3.05) is 20.3 Å². The maximum Gasteiger partial charge on any atom is 0.186 e. The topological polar surface area (TPSA) is 138 Å². The first-order valence-electron chi connectivity index (χ1n) is 7.19. The lowest BCUT2D eigenvalue weighted by molar-refractivity contribution is -0.336. The van der Waals surface area contributed by atoms with E-state index in [0.717, 1.165) is 0 Å². The number of aliphatic hydroxyl groups excluding tert-OH is 5. The van der Waals surface area contributed by atoms with Crippen LogP contribution in [0.25, 0.3) is 0 Å². The van der Waals surface area contributed by atoms with Crippen molar-refractivity contribution in [3.05, 3.63) is 0 Å². The van der Waals surface area contributed by atoms with E-state index in [2.05, 4.69) is 0 Å². The van der Waals surface area contributed by atoms with Gasteiger partial charge in [-0.25, -0.2) is 0 Å². The van der Waals surface area contributed by atoms with Crippen molar-refractivity contribution >= 4 is 0 Å². The van der Waals surface area contributed by atoms with E-state index in [4.69, 9.17) is 18.9 Å². The van der Waals surface area contributed by atoms with E-state index < -0.39 is 55.1 Å². The van der Waals surface area contributed by atoms with Gasteiger partial charge in [0, 0.05) is 13.0 Å². The van der Waals surface area contributed by atoms with Crippen molar-refractivity contribution < 1.29 is 44.5 Å². The normalized spacial score (nSPS) is 50.0. The smallest absolute Gasteiger partial charge is 0.186 e. The minimum absolute atomic E-state index is 0.0846.